The van der Waals surface area contributed by atoms with Crippen LogP contribution in [0.1, 0.15) is 68.2 Å². The van der Waals surface area contributed by atoms with E-state index in [1.807, 2.05) is 9.80 Å². The summed E-state index contributed by atoms with van der Waals surface area (Å²) >= 11 is 3.54. The van der Waals surface area contributed by atoms with Gasteiger partial charge >= 0.3 is 0 Å². The molecule has 0 spiro atoms. The van der Waals surface area contributed by atoms with Gasteiger partial charge in [-0.15, -0.1) is 0 Å². The number of benzene rings is 3. The fraction of sp³-hybridized carbons (Fsp3) is 0.451. The van der Waals surface area contributed by atoms with Crippen molar-refractivity contribution in [3.8, 4) is 5.75 Å². The van der Waals surface area contributed by atoms with E-state index in [9.17, 15) is 18.9 Å². The Kier molecular flexibility index (Phi) is 14.7. The van der Waals surface area contributed by atoms with E-state index in [0.717, 1.165) is 56.7 Å². The van der Waals surface area contributed by atoms with E-state index >= 15 is 13.2 Å². The maximum absolute atomic E-state index is 15.5. The number of aryl methyl sites for hydroxylation is 2. The number of amides is 3. The predicted octanol–water partition coefficient (Wildman–Crippen LogP) is 8.37. The molecule has 4 fully saturated rings. The first-order chi connectivity index (χ1) is 34.0. The maximum atomic E-state index is 15.5. The number of methoxy groups -OCH3 is 1. The van der Waals surface area contributed by atoms with Gasteiger partial charge in [0, 0.05) is 122 Å². The number of piperidine rings is 3. The number of aromatic nitrogens is 3. The summed E-state index contributed by atoms with van der Waals surface area (Å²) in [7, 11) is -1.31. The molecule has 4 aliphatic heterocycles. The molecule has 6 heterocycles. The summed E-state index contributed by atoms with van der Waals surface area (Å²) in [6, 6.07) is 11.9. The van der Waals surface area contributed by atoms with Crippen LogP contribution in [-0.4, -0.2) is 121 Å². The number of halogens is 4. The molecular formula is C51H59BrF3N10O5P. The molecule has 4 saturated heterocycles. The number of carbonyl (C=O) groups is 3. The minimum Gasteiger partial charge on any atom is -0.494 e. The summed E-state index contributed by atoms with van der Waals surface area (Å²) in [4.78, 5) is 60.1. The van der Waals surface area contributed by atoms with Crippen molar-refractivity contribution in [2.75, 3.05) is 93.2 Å². The van der Waals surface area contributed by atoms with Crippen LogP contribution < -0.4 is 35.8 Å². The van der Waals surface area contributed by atoms with Gasteiger partial charge in [-0.2, -0.15) is 4.98 Å². The lowest BCUT2D eigenvalue weighted by Crippen LogP contribution is -2.55. The summed E-state index contributed by atoms with van der Waals surface area (Å²) in [5.41, 5.74) is 4.14. The van der Waals surface area contributed by atoms with Crippen molar-refractivity contribution in [3.63, 3.8) is 0 Å². The Hall–Kier alpha value is -5.78. The number of carbonyl (C=O) groups excluding carboxylic acids is 3. The molecule has 0 bridgehead atoms. The molecule has 2 aromatic heterocycles. The number of piperazine rings is 1. The van der Waals surface area contributed by atoms with Crippen LogP contribution in [0.15, 0.2) is 53.1 Å². The van der Waals surface area contributed by atoms with Crippen LogP contribution in [0.4, 0.5) is 47.7 Å². The normalized spacial score (nSPS) is 18.8. The fourth-order valence-corrected chi connectivity index (χ4v) is 12.5. The summed E-state index contributed by atoms with van der Waals surface area (Å²) in [6.45, 7) is 12.8. The zero-order chi connectivity index (χ0) is 50.3. The highest BCUT2D eigenvalue weighted by atomic mass is 79.9. The number of pyridine rings is 1. The molecule has 71 heavy (non-hydrogen) atoms. The highest BCUT2D eigenvalue weighted by Gasteiger charge is 2.36. The summed E-state index contributed by atoms with van der Waals surface area (Å²) < 4.78 is 66.1. The van der Waals surface area contributed by atoms with Gasteiger partial charge in [-0.05, 0) is 105 Å². The minimum absolute atomic E-state index is 0.0291. The van der Waals surface area contributed by atoms with Gasteiger partial charge < -0.3 is 34.6 Å². The van der Waals surface area contributed by atoms with Gasteiger partial charge in [0.1, 0.15) is 35.9 Å². The predicted molar refractivity (Wildman–Crippen MR) is 274 cm³/mol. The fourth-order valence-electron chi connectivity index (χ4n) is 10.7. The number of nitrogens with one attached hydrogen (secondary N) is 3. The third-order valence-corrected chi connectivity index (χ3v) is 16.6. The number of hydrogen-bond donors (Lipinski definition) is 3. The number of rotatable bonds is 12. The molecule has 3 amide bonds. The Morgan fingerprint density at radius 3 is 2.20 bits per heavy atom. The average molecular weight is 1060 g/mol. The summed E-state index contributed by atoms with van der Waals surface area (Å²) in [5, 5.41) is 9.69. The third kappa shape index (κ3) is 10.6. The smallest absolute Gasteiger partial charge is 0.234 e. The number of hydrogen-bond acceptors (Lipinski definition) is 13. The molecule has 1 atom stereocenters. The van der Waals surface area contributed by atoms with Crippen molar-refractivity contribution in [2.45, 2.75) is 70.8 Å². The first-order valence-electron chi connectivity index (χ1n) is 24.3. The van der Waals surface area contributed by atoms with E-state index in [0.29, 0.717) is 94.5 Å². The lowest BCUT2D eigenvalue weighted by atomic mass is 9.89. The van der Waals surface area contributed by atoms with E-state index in [-0.39, 0.29) is 41.7 Å². The zero-order valence-corrected chi connectivity index (χ0v) is 43.1. The standard InChI is InChI=1S/C51H59BrF3N10O5P/c1-6-30-23-40(59-51-56-28-36(52)48(61-51)58-41-26-39(55)46-35(8-7-29(2)57-46)47(41)71(4,5)69)43(70-3)27-42(30)64-17-13-32(14-18-64)63-19-21-65(22-20-63)50(68)31-11-15-62(16-12-31)33-24-37(53)45(38(54)25-33)34-9-10-44(66)60-49(34)67/h7-8,23-28,31-32,34H,6,9-22H2,1-5H3,(H,60,66,67)(H2,56,58,59,61). The van der Waals surface area contributed by atoms with Crippen LogP contribution in [0.5, 0.6) is 5.75 Å². The van der Waals surface area contributed by atoms with Gasteiger partial charge in [0.05, 0.1) is 28.9 Å². The van der Waals surface area contributed by atoms with E-state index in [1.165, 1.54) is 18.2 Å². The Labute approximate surface area is 419 Å². The van der Waals surface area contributed by atoms with Crippen molar-refractivity contribution < 1.29 is 36.9 Å². The lowest BCUT2D eigenvalue weighted by Gasteiger charge is -2.44. The van der Waals surface area contributed by atoms with Gasteiger partial charge in [-0.25, -0.2) is 18.2 Å². The highest BCUT2D eigenvalue weighted by molar-refractivity contribution is 9.10. The van der Waals surface area contributed by atoms with E-state index in [1.54, 1.807) is 45.7 Å². The van der Waals surface area contributed by atoms with Gasteiger partial charge in [0.2, 0.25) is 23.7 Å². The summed E-state index contributed by atoms with van der Waals surface area (Å²) in [6.07, 6.45) is 5.55. The number of nitrogens with zero attached hydrogens (tertiary/aromatic N) is 7. The van der Waals surface area contributed by atoms with Crippen molar-refractivity contribution >= 4 is 91.5 Å². The van der Waals surface area contributed by atoms with Crippen molar-refractivity contribution in [2.24, 2.45) is 5.92 Å². The number of anilines is 6. The van der Waals surface area contributed by atoms with Gasteiger partial charge in [0.25, 0.3) is 0 Å². The van der Waals surface area contributed by atoms with Crippen LogP contribution in [-0.2, 0) is 25.4 Å². The van der Waals surface area contributed by atoms with Crippen LogP contribution in [0.25, 0.3) is 10.9 Å². The zero-order valence-electron chi connectivity index (χ0n) is 40.6. The van der Waals surface area contributed by atoms with Crippen molar-refractivity contribution in [1.82, 2.24) is 30.1 Å². The second kappa shape index (κ2) is 20.7. The average Bonchev–Trinajstić information content (AvgIpc) is 3.35. The van der Waals surface area contributed by atoms with Crippen LogP contribution in [0.2, 0.25) is 0 Å². The molecule has 4 aliphatic rings. The molecular weight excluding hydrogens is 1000 g/mol. The quantitative estimate of drug-likeness (QED) is 0.0807. The Balaban J connectivity index is 0.787. The van der Waals surface area contributed by atoms with E-state index in [4.69, 9.17) is 9.72 Å². The minimum atomic E-state index is -2.93. The lowest BCUT2D eigenvalue weighted by molar-refractivity contribution is -0.138. The number of ether oxygens (including phenoxy) is 1. The SMILES string of the molecule is CCc1cc(Nc2ncc(Br)c(Nc3cc(F)c4nc(C)ccc4c3P(C)(C)=O)n2)c(OC)cc1N1CCC(N2CCN(C(=O)C3CCN(c4cc(F)c(C5CCC(=O)NC5=O)c(F)c4)CC3)CC2)CC1. The topological polar surface area (TPSA) is 165 Å². The molecule has 5 aromatic rings. The van der Waals surface area contributed by atoms with Crippen molar-refractivity contribution in [1.29, 1.82) is 0 Å². The molecule has 3 N–H and O–H groups in total. The maximum Gasteiger partial charge on any atom is 0.234 e. The highest BCUT2D eigenvalue weighted by Crippen LogP contribution is 2.43. The Bertz CT molecular complexity index is 2910. The monoisotopic (exact) mass is 1060 g/mol. The number of fused-ring (bicyclic) bond motifs is 1. The first-order valence-corrected chi connectivity index (χ1v) is 27.7. The van der Waals surface area contributed by atoms with Crippen molar-refractivity contribution in [3.05, 3.63) is 87.4 Å². The van der Waals surface area contributed by atoms with Gasteiger partial charge in [-0.3, -0.25) is 29.6 Å². The van der Waals surface area contributed by atoms with Gasteiger partial charge in [-0.1, -0.05) is 13.0 Å². The molecule has 0 aliphatic carbocycles. The molecule has 9 rings (SSSR count). The molecule has 0 saturated carbocycles. The molecule has 0 radical (unpaired) electrons. The van der Waals surface area contributed by atoms with Crippen LogP contribution >= 0.6 is 23.1 Å². The Morgan fingerprint density at radius 2 is 1.55 bits per heavy atom. The molecule has 15 nitrogen and oxygen atoms in total. The molecule has 1 unspecified atom stereocenters. The molecule has 20 heteroatoms. The van der Waals surface area contributed by atoms with Gasteiger partial charge in [0.15, 0.2) is 5.82 Å². The van der Waals surface area contributed by atoms with E-state index in [2.05, 4.69) is 70.7 Å². The second-order valence-electron chi connectivity index (χ2n) is 19.3. The second-order valence-corrected chi connectivity index (χ2v) is 23.3. The Morgan fingerprint density at radius 1 is 0.859 bits per heavy atom. The summed E-state index contributed by atoms with van der Waals surface area (Å²) in [5.74, 6) is -3.11. The molecule has 3 aromatic carbocycles. The third-order valence-electron chi connectivity index (χ3n) is 14.4. The molecule has 376 valence electrons. The first kappa shape index (κ1) is 50.2. The van der Waals surface area contributed by atoms with Crippen LogP contribution in [0, 0.1) is 30.3 Å². The number of imide groups is 1. The van der Waals surface area contributed by atoms with Crippen LogP contribution in [0.3, 0.4) is 0 Å². The largest absolute Gasteiger partial charge is 0.494 e. The van der Waals surface area contributed by atoms with E-state index < -0.39 is 42.3 Å².